The molecule has 3 amide bonds. The molecule has 5 nitrogen and oxygen atoms in total. The predicted octanol–water partition coefficient (Wildman–Crippen LogP) is 4.41. The van der Waals surface area contributed by atoms with Crippen LogP contribution in [0, 0.1) is 0 Å². The van der Waals surface area contributed by atoms with Crippen molar-refractivity contribution in [1.82, 2.24) is 10.6 Å². The number of anilines is 1. The fourth-order valence-corrected chi connectivity index (χ4v) is 3.38. The van der Waals surface area contributed by atoms with Crippen molar-refractivity contribution >= 4 is 17.6 Å². The highest BCUT2D eigenvalue weighted by atomic mass is 16.2. The minimum atomic E-state index is -0.313. The van der Waals surface area contributed by atoms with Crippen molar-refractivity contribution in [1.29, 1.82) is 0 Å². The smallest absolute Gasteiger partial charge is 0.319 e. The third-order valence-electron chi connectivity index (χ3n) is 4.55. The van der Waals surface area contributed by atoms with Crippen molar-refractivity contribution in [3.8, 4) is 0 Å². The molecule has 0 saturated carbocycles. The van der Waals surface area contributed by atoms with Crippen molar-refractivity contribution < 1.29 is 9.59 Å². The van der Waals surface area contributed by atoms with Crippen LogP contribution in [0.3, 0.4) is 0 Å². The van der Waals surface area contributed by atoms with Gasteiger partial charge in [-0.15, -0.1) is 0 Å². The Kier molecular flexibility index (Phi) is 5.49. The van der Waals surface area contributed by atoms with Crippen LogP contribution in [0.4, 0.5) is 10.5 Å². The van der Waals surface area contributed by atoms with E-state index in [1.54, 1.807) is 24.3 Å². The second-order valence-electron chi connectivity index (χ2n) is 8.03. The van der Waals surface area contributed by atoms with Crippen LogP contribution < -0.4 is 16.0 Å². The Morgan fingerprint density at radius 2 is 1.81 bits per heavy atom. The molecule has 2 aromatic rings. The first-order chi connectivity index (χ1) is 12.8. The molecule has 27 heavy (non-hydrogen) atoms. The van der Waals surface area contributed by atoms with Gasteiger partial charge in [-0.3, -0.25) is 4.79 Å². The summed E-state index contributed by atoms with van der Waals surface area (Å²) < 4.78 is 0. The molecular formula is C22H27N3O2. The first-order valence-electron chi connectivity index (χ1n) is 9.40. The molecule has 0 aromatic heterocycles. The van der Waals surface area contributed by atoms with Gasteiger partial charge in [-0.2, -0.15) is 0 Å². The van der Waals surface area contributed by atoms with Gasteiger partial charge in [0.1, 0.15) is 0 Å². The molecule has 1 atom stereocenters. The zero-order valence-corrected chi connectivity index (χ0v) is 16.1. The normalized spacial score (nSPS) is 16.2. The number of carbonyl (C=O) groups is 2. The number of hydrogen-bond acceptors (Lipinski definition) is 2. The van der Waals surface area contributed by atoms with E-state index in [1.807, 2.05) is 32.9 Å². The van der Waals surface area contributed by atoms with Crippen LogP contribution in [0.25, 0.3) is 0 Å². The zero-order chi connectivity index (χ0) is 19.4. The van der Waals surface area contributed by atoms with E-state index in [1.165, 1.54) is 11.1 Å². The first-order valence-corrected chi connectivity index (χ1v) is 9.40. The maximum atomic E-state index is 12.5. The highest BCUT2D eigenvalue weighted by Gasteiger charge is 2.21. The maximum absolute atomic E-state index is 12.5. The number of urea groups is 1. The lowest BCUT2D eigenvalue weighted by Crippen LogP contribution is -2.40. The second-order valence-corrected chi connectivity index (χ2v) is 8.03. The SMILES string of the molecule is CC(C)(C)NC(=O)c1cccc(NC(=O)NC2CCCc3ccccc32)c1. The highest BCUT2D eigenvalue weighted by molar-refractivity contribution is 5.97. The van der Waals surface area contributed by atoms with E-state index in [4.69, 9.17) is 0 Å². The fourth-order valence-electron chi connectivity index (χ4n) is 3.38. The van der Waals surface area contributed by atoms with Gasteiger partial charge in [-0.1, -0.05) is 30.3 Å². The van der Waals surface area contributed by atoms with Gasteiger partial charge in [0, 0.05) is 16.8 Å². The number of hydrogen-bond donors (Lipinski definition) is 3. The lowest BCUT2D eigenvalue weighted by molar-refractivity contribution is 0.0919. The average molecular weight is 365 g/mol. The van der Waals surface area contributed by atoms with Gasteiger partial charge in [-0.05, 0) is 69.4 Å². The van der Waals surface area contributed by atoms with E-state index < -0.39 is 0 Å². The molecular weight excluding hydrogens is 338 g/mol. The lowest BCUT2D eigenvalue weighted by atomic mass is 9.88. The lowest BCUT2D eigenvalue weighted by Gasteiger charge is -2.26. The molecule has 2 aromatic carbocycles. The van der Waals surface area contributed by atoms with Crippen molar-refractivity contribution in [3.63, 3.8) is 0 Å². The molecule has 3 N–H and O–H groups in total. The summed E-state index contributed by atoms with van der Waals surface area (Å²) in [6.45, 7) is 5.80. The number of fused-ring (bicyclic) bond motifs is 1. The highest BCUT2D eigenvalue weighted by Crippen LogP contribution is 2.29. The second kappa shape index (κ2) is 7.82. The molecule has 0 heterocycles. The van der Waals surface area contributed by atoms with Gasteiger partial charge < -0.3 is 16.0 Å². The summed E-state index contributed by atoms with van der Waals surface area (Å²) in [5.74, 6) is -0.159. The number of benzene rings is 2. The molecule has 0 bridgehead atoms. The van der Waals surface area contributed by atoms with Gasteiger partial charge in [0.25, 0.3) is 5.91 Å². The van der Waals surface area contributed by atoms with Gasteiger partial charge in [0.2, 0.25) is 0 Å². The fraction of sp³-hybridized carbons (Fsp3) is 0.364. The van der Waals surface area contributed by atoms with E-state index in [9.17, 15) is 9.59 Å². The average Bonchev–Trinajstić information content (AvgIpc) is 2.61. The number of nitrogens with one attached hydrogen (secondary N) is 3. The Morgan fingerprint density at radius 3 is 2.59 bits per heavy atom. The minimum absolute atomic E-state index is 0.0160. The van der Waals surface area contributed by atoms with Crippen LogP contribution >= 0.6 is 0 Å². The van der Waals surface area contributed by atoms with Crippen LogP contribution in [-0.2, 0) is 6.42 Å². The topological polar surface area (TPSA) is 70.2 Å². The number of amides is 3. The first kappa shape index (κ1) is 19.0. The molecule has 142 valence electrons. The quantitative estimate of drug-likeness (QED) is 0.754. The summed E-state index contributed by atoms with van der Waals surface area (Å²) in [6, 6.07) is 15.0. The minimum Gasteiger partial charge on any atom is -0.347 e. The zero-order valence-electron chi connectivity index (χ0n) is 16.1. The summed E-state index contributed by atoms with van der Waals surface area (Å²) in [4.78, 5) is 24.8. The Morgan fingerprint density at radius 1 is 1.04 bits per heavy atom. The summed E-state index contributed by atoms with van der Waals surface area (Å²) in [5, 5.41) is 8.83. The third kappa shape index (κ3) is 5.09. The predicted molar refractivity (Wildman–Crippen MR) is 108 cm³/mol. The summed E-state index contributed by atoms with van der Waals surface area (Å²) in [5.41, 5.74) is 3.29. The van der Waals surface area contributed by atoms with E-state index in [0.717, 1.165) is 19.3 Å². The molecule has 0 saturated heterocycles. The maximum Gasteiger partial charge on any atom is 0.319 e. The third-order valence-corrected chi connectivity index (χ3v) is 4.55. The van der Waals surface area contributed by atoms with Crippen molar-refractivity contribution in [3.05, 3.63) is 65.2 Å². The summed E-state index contributed by atoms with van der Waals surface area (Å²) >= 11 is 0. The van der Waals surface area contributed by atoms with Crippen LogP contribution in [0.5, 0.6) is 0 Å². The molecule has 5 heteroatoms. The molecule has 1 aliphatic carbocycles. The van der Waals surface area contributed by atoms with E-state index in [-0.39, 0.29) is 23.5 Å². The monoisotopic (exact) mass is 365 g/mol. The van der Waals surface area contributed by atoms with Crippen LogP contribution in [-0.4, -0.2) is 17.5 Å². The van der Waals surface area contributed by atoms with E-state index in [2.05, 4.69) is 28.1 Å². The Hall–Kier alpha value is -2.82. The van der Waals surface area contributed by atoms with E-state index >= 15 is 0 Å². The largest absolute Gasteiger partial charge is 0.347 e. The molecule has 0 radical (unpaired) electrons. The van der Waals surface area contributed by atoms with Crippen molar-refractivity contribution in [2.24, 2.45) is 0 Å². The molecule has 3 rings (SSSR count). The standard InChI is InChI=1S/C22H27N3O2/c1-22(2,3)25-20(26)16-10-6-11-17(14-16)23-21(27)24-19-13-7-9-15-8-4-5-12-18(15)19/h4-6,8,10-12,14,19H,7,9,13H2,1-3H3,(H,25,26)(H2,23,24,27). The molecule has 0 aliphatic heterocycles. The van der Waals surface area contributed by atoms with Crippen LogP contribution in [0.15, 0.2) is 48.5 Å². The van der Waals surface area contributed by atoms with Crippen molar-refractivity contribution in [2.45, 2.75) is 51.6 Å². The van der Waals surface area contributed by atoms with Gasteiger partial charge in [0.05, 0.1) is 6.04 Å². The van der Waals surface area contributed by atoms with Gasteiger partial charge in [0.15, 0.2) is 0 Å². The Labute approximate surface area is 160 Å². The summed E-state index contributed by atoms with van der Waals surface area (Å²) in [7, 11) is 0. The van der Waals surface area contributed by atoms with Crippen molar-refractivity contribution in [2.75, 3.05) is 5.32 Å². The number of carbonyl (C=O) groups excluding carboxylic acids is 2. The summed E-state index contributed by atoms with van der Waals surface area (Å²) in [6.07, 6.45) is 3.05. The molecule has 1 aliphatic rings. The van der Waals surface area contributed by atoms with Gasteiger partial charge in [-0.25, -0.2) is 4.79 Å². The molecule has 0 fully saturated rings. The van der Waals surface area contributed by atoms with E-state index in [0.29, 0.717) is 11.3 Å². The van der Waals surface area contributed by atoms with Crippen LogP contribution in [0.1, 0.15) is 61.1 Å². The number of rotatable bonds is 3. The molecule has 0 spiro atoms. The molecule has 1 unspecified atom stereocenters. The van der Waals surface area contributed by atoms with Gasteiger partial charge >= 0.3 is 6.03 Å². The Balaban J connectivity index is 1.65. The number of aryl methyl sites for hydroxylation is 1. The Bertz CT molecular complexity index is 839. The van der Waals surface area contributed by atoms with Crippen LogP contribution in [0.2, 0.25) is 0 Å².